The van der Waals surface area contributed by atoms with E-state index in [0.717, 1.165) is 24.7 Å². The van der Waals surface area contributed by atoms with E-state index in [1.807, 2.05) is 18.2 Å². The van der Waals surface area contributed by atoms with E-state index in [1.165, 1.54) is 0 Å². The van der Waals surface area contributed by atoms with Gasteiger partial charge in [-0.2, -0.15) is 0 Å². The van der Waals surface area contributed by atoms with Gasteiger partial charge in [-0.25, -0.2) is 0 Å². The third-order valence-electron chi connectivity index (χ3n) is 2.09. The molecule has 5 heteroatoms. The van der Waals surface area contributed by atoms with Gasteiger partial charge in [-0.1, -0.05) is 0 Å². The molecule has 0 aliphatic heterocycles. The van der Waals surface area contributed by atoms with Crippen LogP contribution in [0.3, 0.4) is 0 Å². The average molecular weight is 411 g/mol. The first-order valence-electron chi connectivity index (χ1n) is 4.46. The first-order valence-corrected chi connectivity index (χ1v) is 6.84. The quantitative estimate of drug-likeness (QED) is 0.726. The predicted molar refractivity (Wildman–Crippen MR) is 73.2 cm³/mol. The van der Waals surface area contributed by atoms with Gasteiger partial charge in [-0.3, -0.25) is 0 Å². The zero-order valence-electron chi connectivity index (χ0n) is 8.01. The summed E-state index contributed by atoms with van der Waals surface area (Å²) in [6, 6.07) is 7.51. The Bertz CT molecular complexity index is 497. The van der Waals surface area contributed by atoms with Crippen LogP contribution >= 0.6 is 47.8 Å². The van der Waals surface area contributed by atoms with Crippen LogP contribution in [0.2, 0.25) is 0 Å². The number of aliphatic hydroxyl groups is 1. The summed E-state index contributed by atoms with van der Waals surface area (Å²) in [5.74, 6) is 1.29. The number of hydrogen-bond donors (Lipinski definition) is 1. The molecule has 0 spiro atoms. The molecule has 0 aliphatic carbocycles. The van der Waals surface area contributed by atoms with Gasteiger partial charge in [-0.15, -0.1) is 0 Å². The number of hydrogen-bond acceptors (Lipinski definition) is 2. The van der Waals surface area contributed by atoms with Gasteiger partial charge < -0.3 is 9.52 Å². The number of aliphatic hydroxyl groups excluding tert-OH is 1. The Kier molecular flexibility index (Phi) is 3.89. The van der Waals surface area contributed by atoms with Gasteiger partial charge >= 0.3 is 0 Å². The molecule has 0 unspecified atom stereocenters. The van der Waals surface area contributed by atoms with Crippen LogP contribution < -0.4 is 0 Å². The highest BCUT2D eigenvalue weighted by Crippen LogP contribution is 2.36. The fourth-order valence-electron chi connectivity index (χ4n) is 1.32. The molecule has 0 aliphatic rings. The van der Waals surface area contributed by atoms with Gasteiger partial charge in [0.15, 0.2) is 0 Å². The molecule has 2 rings (SSSR count). The van der Waals surface area contributed by atoms with E-state index in [2.05, 4.69) is 47.8 Å². The largest absolute Gasteiger partial charge is 0.459 e. The Balaban J connectivity index is 2.48. The summed E-state index contributed by atoms with van der Waals surface area (Å²) in [5.41, 5.74) is 0.946. The highest BCUT2D eigenvalue weighted by Gasteiger charge is 2.09. The lowest BCUT2D eigenvalue weighted by Gasteiger charge is -2.03. The summed E-state index contributed by atoms with van der Waals surface area (Å²) >= 11 is 10.3. The van der Waals surface area contributed by atoms with Crippen LogP contribution in [0.1, 0.15) is 5.76 Å². The van der Waals surface area contributed by atoms with Crippen LogP contribution in [-0.4, -0.2) is 5.11 Å². The van der Waals surface area contributed by atoms with E-state index in [1.54, 1.807) is 6.07 Å². The Morgan fingerprint density at radius 1 is 1.06 bits per heavy atom. The van der Waals surface area contributed by atoms with Crippen molar-refractivity contribution in [2.24, 2.45) is 0 Å². The lowest BCUT2D eigenvalue weighted by atomic mass is 10.2. The van der Waals surface area contributed by atoms with Crippen molar-refractivity contribution in [2.75, 3.05) is 0 Å². The van der Waals surface area contributed by atoms with Crippen LogP contribution in [-0.2, 0) is 6.61 Å². The van der Waals surface area contributed by atoms with Crippen molar-refractivity contribution in [3.05, 3.63) is 43.4 Å². The molecule has 16 heavy (non-hydrogen) atoms. The molecule has 0 saturated carbocycles. The van der Waals surface area contributed by atoms with Crippen molar-refractivity contribution in [1.29, 1.82) is 0 Å². The minimum absolute atomic E-state index is 0.0845. The second-order valence-corrected chi connectivity index (χ2v) is 5.68. The zero-order chi connectivity index (χ0) is 11.7. The molecule has 1 aromatic carbocycles. The number of furan rings is 1. The van der Waals surface area contributed by atoms with Crippen molar-refractivity contribution in [3.63, 3.8) is 0 Å². The molecule has 2 aromatic rings. The minimum Gasteiger partial charge on any atom is -0.459 e. The highest BCUT2D eigenvalue weighted by molar-refractivity contribution is 9.14. The maximum Gasteiger partial charge on any atom is 0.134 e. The summed E-state index contributed by atoms with van der Waals surface area (Å²) in [6.07, 6.45) is 0. The molecule has 0 amide bonds. The SMILES string of the molecule is OCc1ccc(-c2cc(Br)c(Br)c(Br)c2)o1. The third kappa shape index (κ3) is 2.42. The molecule has 2 nitrogen and oxygen atoms in total. The predicted octanol–water partition coefficient (Wildman–Crippen LogP) is 4.73. The van der Waals surface area contributed by atoms with Crippen LogP contribution in [0.4, 0.5) is 0 Å². The fraction of sp³-hybridized carbons (Fsp3) is 0.0909. The van der Waals surface area contributed by atoms with Crippen LogP contribution in [0.15, 0.2) is 42.1 Å². The molecule has 1 heterocycles. The highest BCUT2D eigenvalue weighted by atomic mass is 79.9. The van der Waals surface area contributed by atoms with Gasteiger partial charge in [0.25, 0.3) is 0 Å². The fourth-order valence-corrected chi connectivity index (χ4v) is 2.73. The summed E-state index contributed by atoms with van der Waals surface area (Å²) in [5, 5.41) is 8.93. The molecule has 0 radical (unpaired) electrons. The monoisotopic (exact) mass is 408 g/mol. The van der Waals surface area contributed by atoms with Gasteiger partial charge in [0, 0.05) is 19.0 Å². The zero-order valence-corrected chi connectivity index (χ0v) is 12.8. The Labute approximate surface area is 118 Å². The molecule has 0 bridgehead atoms. The maximum atomic E-state index is 8.93. The third-order valence-corrected chi connectivity index (χ3v) is 5.26. The van der Waals surface area contributed by atoms with E-state index in [-0.39, 0.29) is 6.61 Å². The smallest absolute Gasteiger partial charge is 0.134 e. The van der Waals surface area contributed by atoms with Crippen molar-refractivity contribution in [1.82, 2.24) is 0 Å². The molecule has 1 N–H and O–H groups in total. The van der Waals surface area contributed by atoms with Crippen molar-refractivity contribution < 1.29 is 9.52 Å². The molecule has 0 saturated heterocycles. The summed E-state index contributed by atoms with van der Waals surface area (Å²) in [7, 11) is 0. The Hall–Kier alpha value is -0.100. The van der Waals surface area contributed by atoms with Crippen LogP contribution in [0, 0.1) is 0 Å². The lowest BCUT2D eigenvalue weighted by molar-refractivity contribution is 0.248. The van der Waals surface area contributed by atoms with Crippen molar-refractivity contribution in [3.8, 4) is 11.3 Å². The van der Waals surface area contributed by atoms with Crippen LogP contribution in [0.5, 0.6) is 0 Å². The maximum absolute atomic E-state index is 8.93. The second-order valence-electron chi connectivity index (χ2n) is 3.18. The minimum atomic E-state index is -0.0845. The summed E-state index contributed by atoms with van der Waals surface area (Å²) in [4.78, 5) is 0. The molecule has 84 valence electrons. The number of benzene rings is 1. The van der Waals surface area contributed by atoms with Gasteiger partial charge in [0.1, 0.15) is 18.1 Å². The number of rotatable bonds is 2. The van der Waals surface area contributed by atoms with Crippen molar-refractivity contribution >= 4 is 47.8 Å². The first kappa shape index (κ1) is 12.4. The molecule has 0 atom stereocenters. The van der Waals surface area contributed by atoms with Crippen molar-refractivity contribution in [2.45, 2.75) is 6.61 Å². The van der Waals surface area contributed by atoms with E-state index < -0.39 is 0 Å². The van der Waals surface area contributed by atoms with E-state index in [4.69, 9.17) is 9.52 Å². The van der Waals surface area contributed by atoms with E-state index >= 15 is 0 Å². The molecule has 0 fully saturated rings. The number of halogens is 3. The van der Waals surface area contributed by atoms with Gasteiger partial charge in [-0.05, 0) is 72.1 Å². The molecular weight excluding hydrogens is 404 g/mol. The summed E-state index contributed by atoms with van der Waals surface area (Å²) < 4.78 is 8.31. The van der Waals surface area contributed by atoms with Gasteiger partial charge in [0.2, 0.25) is 0 Å². The topological polar surface area (TPSA) is 33.4 Å². The Morgan fingerprint density at radius 2 is 1.69 bits per heavy atom. The lowest BCUT2D eigenvalue weighted by Crippen LogP contribution is -1.79. The molecular formula is C11H7Br3O2. The van der Waals surface area contributed by atoms with Crippen LogP contribution in [0.25, 0.3) is 11.3 Å². The molecule has 1 aromatic heterocycles. The average Bonchev–Trinajstić information content (AvgIpc) is 2.73. The standard InChI is InChI=1S/C11H7Br3O2/c12-8-3-6(4-9(13)11(8)14)10-2-1-7(5-15)16-10/h1-4,15H,5H2. The summed E-state index contributed by atoms with van der Waals surface area (Å²) in [6.45, 7) is -0.0845. The van der Waals surface area contributed by atoms with Gasteiger partial charge in [0.05, 0.1) is 0 Å². The van der Waals surface area contributed by atoms with E-state index in [0.29, 0.717) is 5.76 Å². The normalized spacial score (nSPS) is 10.8. The van der Waals surface area contributed by atoms with E-state index in [9.17, 15) is 0 Å². The Morgan fingerprint density at radius 3 is 2.19 bits per heavy atom. The second kappa shape index (κ2) is 5.04. The first-order chi connectivity index (χ1) is 7.61.